The van der Waals surface area contributed by atoms with Crippen molar-refractivity contribution in [2.24, 2.45) is 0 Å². The molecule has 0 fully saturated rings. The third-order valence-electron chi connectivity index (χ3n) is 4.96. The summed E-state index contributed by atoms with van der Waals surface area (Å²) < 4.78 is 7.02. The normalized spacial score (nSPS) is 10.9. The number of thioether (sulfide) groups is 1. The van der Waals surface area contributed by atoms with E-state index in [-0.39, 0.29) is 17.2 Å². The highest BCUT2D eigenvalue weighted by Crippen LogP contribution is 2.20. The van der Waals surface area contributed by atoms with E-state index >= 15 is 0 Å². The van der Waals surface area contributed by atoms with Gasteiger partial charge < -0.3 is 9.32 Å². The number of rotatable bonds is 9. The van der Waals surface area contributed by atoms with E-state index in [1.807, 2.05) is 54.6 Å². The first-order chi connectivity index (χ1) is 15.7. The van der Waals surface area contributed by atoms with Crippen molar-refractivity contribution in [3.05, 3.63) is 107 Å². The van der Waals surface area contributed by atoms with Gasteiger partial charge in [-0.05, 0) is 29.8 Å². The predicted molar refractivity (Wildman–Crippen MR) is 126 cm³/mol. The van der Waals surface area contributed by atoms with Crippen LogP contribution >= 0.6 is 11.8 Å². The molecule has 7 heteroatoms. The second kappa shape index (κ2) is 10.2. The maximum Gasteiger partial charge on any atom is 0.262 e. The quantitative estimate of drug-likeness (QED) is 0.216. The third-order valence-corrected chi connectivity index (χ3v) is 5.92. The number of para-hydroxylation sites is 1. The zero-order chi connectivity index (χ0) is 22.3. The van der Waals surface area contributed by atoms with Crippen molar-refractivity contribution in [1.82, 2.24) is 14.5 Å². The number of hydrogen-bond acceptors (Lipinski definition) is 5. The second-order valence-electron chi connectivity index (χ2n) is 7.22. The molecule has 0 aliphatic heterocycles. The van der Waals surface area contributed by atoms with Crippen LogP contribution in [0.4, 0.5) is 0 Å². The molecule has 0 bridgehead atoms. The molecule has 1 amide bonds. The number of carbonyl (C=O) groups excluding carboxylic acids is 1. The van der Waals surface area contributed by atoms with Gasteiger partial charge in [0, 0.05) is 13.1 Å². The highest BCUT2D eigenvalue weighted by molar-refractivity contribution is 7.99. The van der Waals surface area contributed by atoms with Gasteiger partial charge in [-0.15, -0.1) is 6.58 Å². The van der Waals surface area contributed by atoms with Gasteiger partial charge in [0.25, 0.3) is 5.56 Å². The maximum atomic E-state index is 13.2. The number of fused-ring (bicyclic) bond motifs is 1. The Morgan fingerprint density at radius 1 is 1.06 bits per heavy atom. The highest BCUT2D eigenvalue weighted by atomic mass is 32.2. The number of furan rings is 1. The molecule has 6 nitrogen and oxygen atoms in total. The fourth-order valence-electron chi connectivity index (χ4n) is 3.39. The van der Waals surface area contributed by atoms with Gasteiger partial charge in [-0.2, -0.15) is 0 Å². The number of benzene rings is 2. The van der Waals surface area contributed by atoms with Crippen molar-refractivity contribution in [3.8, 4) is 0 Å². The molecular weight excluding hydrogens is 422 g/mol. The Bertz CT molecular complexity index is 1270. The van der Waals surface area contributed by atoms with Crippen LogP contribution in [0.3, 0.4) is 0 Å². The smallest absolute Gasteiger partial charge is 0.262 e. The topological polar surface area (TPSA) is 68.3 Å². The van der Waals surface area contributed by atoms with Crippen LogP contribution in [0, 0.1) is 0 Å². The van der Waals surface area contributed by atoms with Crippen molar-refractivity contribution in [2.45, 2.75) is 24.8 Å². The van der Waals surface area contributed by atoms with Gasteiger partial charge in [0.1, 0.15) is 5.76 Å². The lowest BCUT2D eigenvalue weighted by atomic mass is 10.2. The highest BCUT2D eigenvalue weighted by Gasteiger charge is 2.18. The van der Waals surface area contributed by atoms with E-state index < -0.39 is 0 Å². The molecule has 0 aliphatic rings. The van der Waals surface area contributed by atoms with Crippen molar-refractivity contribution in [2.75, 3.05) is 5.75 Å². The molecular formula is C25H23N3O3S. The van der Waals surface area contributed by atoms with Gasteiger partial charge in [0.2, 0.25) is 5.91 Å². The van der Waals surface area contributed by atoms with E-state index in [1.54, 1.807) is 33.9 Å². The average Bonchev–Trinajstić information content (AvgIpc) is 3.33. The number of carbonyl (C=O) groups is 1. The molecule has 0 N–H and O–H groups in total. The lowest BCUT2D eigenvalue weighted by Crippen LogP contribution is -2.32. The van der Waals surface area contributed by atoms with Crippen LogP contribution in [0.5, 0.6) is 0 Å². The molecule has 0 unspecified atom stereocenters. The Morgan fingerprint density at radius 3 is 2.59 bits per heavy atom. The first-order valence-electron chi connectivity index (χ1n) is 10.2. The van der Waals surface area contributed by atoms with Crippen LogP contribution in [0.1, 0.15) is 11.3 Å². The van der Waals surface area contributed by atoms with E-state index in [2.05, 4.69) is 11.6 Å². The Hall–Kier alpha value is -3.58. The first-order valence-corrected chi connectivity index (χ1v) is 11.2. The molecule has 2 aromatic carbocycles. The van der Waals surface area contributed by atoms with Crippen LogP contribution in [-0.4, -0.2) is 26.1 Å². The van der Waals surface area contributed by atoms with Crippen LogP contribution < -0.4 is 5.56 Å². The van der Waals surface area contributed by atoms with Gasteiger partial charge in [0.05, 0.1) is 29.5 Å². The van der Waals surface area contributed by atoms with Gasteiger partial charge in [-0.3, -0.25) is 14.2 Å². The Balaban J connectivity index is 1.57. The molecule has 0 atom stereocenters. The molecule has 0 saturated carbocycles. The van der Waals surface area contributed by atoms with Crippen molar-refractivity contribution >= 4 is 28.6 Å². The molecule has 2 heterocycles. The lowest BCUT2D eigenvalue weighted by Gasteiger charge is -2.22. The summed E-state index contributed by atoms with van der Waals surface area (Å²) in [7, 11) is 0. The Morgan fingerprint density at radius 2 is 1.84 bits per heavy atom. The summed E-state index contributed by atoms with van der Waals surface area (Å²) >= 11 is 1.26. The predicted octanol–water partition coefficient (Wildman–Crippen LogP) is 4.50. The van der Waals surface area contributed by atoms with Crippen LogP contribution in [0.25, 0.3) is 10.9 Å². The molecule has 32 heavy (non-hydrogen) atoms. The number of nitrogens with zero attached hydrogens (tertiary/aromatic N) is 3. The largest absolute Gasteiger partial charge is 0.467 e. The Kier molecular flexibility index (Phi) is 6.87. The van der Waals surface area contributed by atoms with Gasteiger partial charge in [-0.25, -0.2) is 4.98 Å². The standard InChI is InChI=1S/C25H23N3O3S/c1-2-14-28-24(30)21-12-6-7-13-22(21)26-25(28)32-18-23(29)27(17-20-11-8-15-31-20)16-19-9-4-3-5-10-19/h2-13,15H,1,14,16-18H2. The lowest BCUT2D eigenvalue weighted by molar-refractivity contribution is -0.129. The number of allylic oxidation sites excluding steroid dienone is 1. The third kappa shape index (κ3) is 5.00. The maximum absolute atomic E-state index is 13.2. The van der Waals surface area contributed by atoms with E-state index in [1.165, 1.54) is 11.8 Å². The second-order valence-corrected chi connectivity index (χ2v) is 8.16. The van der Waals surface area contributed by atoms with E-state index in [0.29, 0.717) is 41.5 Å². The molecule has 0 saturated heterocycles. The number of amides is 1. The SMILES string of the molecule is C=CCn1c(SCC(=O)N(Cc2ccccc2)Cc2ccco2)nc2ccccc2c1=O. The minimum Gasteiger partial charge on any atom is -0.467 e. The zero-order valence-corrected chi connectivity index (χ0v) is 18.3. The Labute approximate surface area is 190 Å². The summed E-state index contributed by atoms with van der Waals surface area (Å²) in [4.78, 5) is 32.5. The molecule has 162 valence electrons. The summed E-state index contributed by atoms with van der Waals surface area (Å²) in [5, 5.41) is 1.05. The molecule has 0 aliphatic carbocycles. The van der Waals surface area contributed by atoms with Gasteiger partial charge in [-0.1, -0.05) is 60.3 Å². The minimum atomic E-state index is -0.137. The average molecular weight is 446 g/mol. The van der Waals surface area contributed by atoms with Crippen LogP contribution in [-0.2, 0) is 24.4 Å². The van der Waals surface area contributed by atoms with E-state index in [4.69, 9.17) is 4.42 Å². The monoisotopic (exact) mass is 445 g/mol. The summed E-state index contributed by atoms with van der Waals surface area (Å²) in [5.41, 5.74) is 1.51. The molecule has 4 rings (SSSR count). The van der Waals surface area contributed by atoms with E-state index in [9.17, 15) is 9.59 Å². The minimum absolute atomic E-state index is 0.0668. The number of aromatic nitrogens is 2. The van der Waals surface area contributed by atoms with E-state index in [0.717, 1.165) is 5.56 Å². The van der Waals surface area contributed by atoms with Crippen molar-refractivity contribution < 1.29 is 9.21 Å². The molecule has 0 spiro atoms. The van der Waals surface area contributed by atoms with Gasteiger partial charge in [0.15, 0.2) is 5.16 Å². The van der Waals surface area contributed by atoms with Gasteiger partial charge >= 0.3 is 0 Å². The fraction of sp³-hybridized carbons (Fsp3) is 0.160. The zero-order valence-electron chi connectivity index (χ0n) is 17.5. The van der Waals surface area contributed by atoms with Crippen LogP contribution in [0.2, 0.25) is 0 Å². The fourth-order valence-corrected chi connectivity index (χ4v) is 4.30. The first kappa shape index (κ1) is 21.6. The number of hydrogen-bond donors (Lipinski definition) is 0. The summed E-state index contributed by atoms with van der Waals surface area (Å²) in [6.45, 7) is 4.91. The summed E-state index contributed by atoms with van der Waals surface area (Å²) in [5.74, 6) is 0.796. The molecule has 2 aromatic heterocycles. The molecule has 4 aromatic rings. The van der Waals surface area contributed by atoms with Crippen molar-refractivity contribution in [3.63, 3.8) is 0 Å². The summed E-state index contributed by atoms with van der Waals surface area (Å²) in [6.07, 6.45) is 3.25. The van der Waals surface area contributed by atoms with Crippen LogP contribution in [0.15, 0.2) is 100 Å². The molecule has 0 radical (unpaired) electrons. The summed E-state index contributed by atoms with van der Waals surface area (Å²) in [6, 6.07) is 20.7. The van der Waals surface area contributed by atoms with Crippen molar-refractivity contribution in [1.29, 1.82) is 0 Å².